The average Bonchev–Trinajstić information content (AvgIpc) is 2.61. The summed E-state index contributed by atoms with van der Waals surface area (Å²) in [6.45, 7) is 3.66. The Morgan fingerprint density at radius 1 is 1.32 bits per heavy atom. The summed E-state index contributed by atoms with van der Waals surface area (Å²) in [6, 6.07) is 7.57. The number of ether oxygens (including phenoxy) is 1. The van der Waals surface area contributed by atoms with E-state index in [1.807, 2.05) is 31.2 Å². The first kappa shape index (κ1) is 19.7. The topological polar surface area (TPSA) is 79.0 Å². The van der Waals surface area contributed by atoms with Crippen LogP contribution in [0.25, 0.3) is 0 Å². The van der Waals surface area contributed by atoms with Crippen molar-refractivity contribution in [2.45, 2.75) is 26.3 Å². The third-order valence-electron chi connectivity index (χ3n) is 4.24. The second-order valence-corrected chi connectivity index (χ2v) is 8.42. The number of carbonyl (C=O) groups excluding carboxylic acids is 1. The molecule has 0 saturated carbocycles. The summed E-state index contributed by atoms with van der Waals surface area (Å²) in [5, 5.41) is 2.91. The molecule has 140 valence electrons. The van der Waals surface area contributed by atoms with Gasteiger partial charge in [-0.1, -0.05) is 12.1 Å². The molecule has 25 heavy (non-hydrogen) atoms. The molecule has 1 heterocycles. The minimum absolute atomic E-state index is 0.104. The van der Waals surface area contributed by atoms with Gasteiger partial charge in [-0.25, -0.2) is 0 Å². The Kier molecular flexibility index (Phi) is 6.80. The van der Waals surface area contributed by atoms with Gasteiger partial charge in [-0.3, -0.25) is 4.79 Å². The SMILES string of the molecule is CCOc1ccc(CNC(=O)[C@H]2CCCN(S(=O)(=O)N(C)C)C2)cc1. The van der Waals surface area contributed by atoms with Crippen LogP contribution in [0.4, 0.5) is 0 Å². The Bertz CT molecular complexity index is 674. The number of carbonyl (C=O) groups is 1. The Balaban J connectivity index is 1.90. The van der Waals surface area contributed by atoms with Crippen LogP contribution in [-0.4, -0.2) is 56.7 Å². The van der Waals surface area contributed by atoms with E-state index in [0.717, 1.165) is 11.3 Å². The molecule has 0 spiro atoms. The molecule has 1 fully saturated rings. The number of piperidine rings is 1. The molecule has 2 rings (SSSR count). The van der Waals surface area contributed by atoms with Gasteiger partial charge in [0.05, 0.1) is 12.5 Å². The van der Waals surface area contributed by atoms with Crippen molar-refractivity contribution in [3.8, 4) is 5.75 Å². The Morgan fingerprint density at radius 2 is 2.00 bits per heavy atom. The molecule has 8 heteroatoms. The van der Waals surface area contributed by atoms with Gasteiger partial charge in [-0.2, -0.15) is 17.0 Å². The molecule has 1 aromatic carbocycles. The van der Waals surface area contributed by atoms with Crippen molar-refractivity contribution >= 4 is 16.1 Å². The maximum atomic E-state index is 12.4. The van der Waals surface area contributed by atoms with Crippen LogP contribution in [0.1, 0.15) is 25.3 Å². The van der Waals surface area contributed by atoms with Crippen LogP contribution in [-0.2, 0) is 21.5 Å². The van der Waals surface area contributed by atoms with Crippen LogP contribution in [0.3, 0.4) is 0 Å². The molecule has 1 aliphatic heterocycles. The second-order valence-electron chi connectivity index (χ2n) is 6.28. The smallest absolute Gasteiger partial charge is 0.281 e. The molecule has 1 aromatic rings. The van der Waals surface area contributed by atoms with Gasteiger partial charge < -0.3 is 10.1 Å². The molecule has 0 aliphatic carbocycles. The first-order valence-electron chi connectivity index (χ1n) is 8.51. The van der Waals surface area contributed by atoms with Crippen molar-refractivity contribution < 1.29 is 17.9 Å². The Hall–Kier alpha value is -1.64. The van der Waals surface area contributed by atoms with E-state index in [0.29, 0.717) is 32.5 Å². The summed E-state index contributed by atoms with van der Waals surface area (Å²) >= 11 is 0. The van der Waals surface area contributed by atoms with Gasteiger partial charge in [0, 0.05) is 33.7 Å². The van der Waals surface area contributed by atoms with Crippen LogP contribution < -0.4 is 10.1 Å². The average molecular weight is 369 g/mol. The van der Waals surface area contributed by atoms with E-state index in [2.05, 4.69) is 5.32 Å². The van der Waals surface area contributed by atoms with E-state index in [-0.39, 0.29) is 18.4 Å². The summed E-state index contributed by atoms with van der Waals surface area (Å²) in [7, 11) is -0.461. The molecule has 0 aromatic heterocycles. The first-order chi connectivity index (χ1) is 11.8. The van der Waals surface area contributed by atoms with Crippen LogP contribution in [0.2, 0.25) is 0 Å². The monoisotopic (exact) mass is 369 g/mol. The molecule has 1 aliphatic rings. The number of nitrogens with zero attached hydrogens (tertiary/aromatic N) is 2. The third-order valence-corrected chi connectivity index (χ3v) is 6.15. The fourth-order valence-corrected chi connectivity index (χ4v) is 3.99. The fraction of sp³-hybridized carbons (Fsp3) is 0.588. The predicted molar refractivity (Wildman–Crippen MR) is 96.4 cm³/mol. The fourth-order valence-electron chi connectivity index (χ4n) is 2.80. The number of amides is 1. The first-order valence-corrected chi connectivity index (χ1v) is 9.91. The van der Waals surface area contributed by atoms with Gasteiger partial charge in [0.1, 0.15) is 5.75 Å². The lowest BCUT2D eigenvalue weighted by Crippen LogP contribution is -2.48. The number of nitrogens with one attached hydrogen (secondary N) is 1. The highest BCUT2D eigenvalue weighted by Crippen LogP contribution is 2.20. The van der Waals surface area contributed by atoms with E-state index in [1.54, 1.807) is 0 Å². The standard InChI is InChI=1S/C17H27N3O4S/c1-4-24-16-9-7-14(8-10-16)12-18-17(21)15-6-5-11-20(13-15)25(22,23)19(2)3/h7-10,15H,4-6,11-13H2,1-3H3,(H,18,21)/t15-/m0/s1. The van der Waals surface area contributed by atoms with Gasteiger partial charge in [0.15, 0.2) is 0 Å². The minimum Gasteiger partial charge on any atom is -0.494 e. The molecule has 1 N–H and O–H groups in total. The van der Waals surface area contributed by atoms with Crippen molar-refractivity contribution in [2.75, 3.05) is 33.8 Å². The lowest BCUT2D eigenvalue weighted by molar-refractivity contribution is -0.126. The number of benzene rings is 1. The van der Waals surface area contributed by atoms with Crippen LogP contribution >= 0.6 is 0 Å². The lowest BCUT2D eigenvalue weighted by Gasteiger charge is -2.32. The van der Waals surface area contributed by atoms with Crippen LogP contribution in [0, 0.1) is 5.92 Å². The van der Waals surface area contributed by atoms with Crippen molar-refractivity contribution in [1.29, 1.82) is 0 Å². The highest BCUT2D eigenvalue weighted by atomic mass is 32.2. The minimum atomic E-state index is -3.47. The molecule has 1 amide bonds. The van der Waals surface area contributed by atoms with E-state index in [1.165, 1.54) is 22.7 Å². The van der Waals surface area contributed by atoms with Gasteiger partial charge in [0.25, 0.3) is 10.2 Å². The molecule has 0 bridgehead atoms. The third kappa shape index (κ3) is 5.17. The highest BCUT2D eigenvalue weighted by Gasteiger charge is 2.33. The summed E-state index contributed by atoms with van der Waals surface area (Å²) in [6.07, 6.45) is 1.39. The quantitative estimate of drug-likeness (QED) is 0.784. The number of hydrogen-bond acceptors (Lipinski definition) is 4. The predicted octanol–water partition coefficient (Wildman–Crippen LogP) is 1.22. The Labute approximate surface area is 150 Å². The molecular formula is C17H27N3O4S. The van der Waals surface area contributed by atoms with Crippen molar-refractivity contribution in [3.05, 3.63) is 29.8 Å². The Morgan fingerprint density at radius 3 is 2.60 bits per heavy atom. The largest absolute Gasteiger partial charge is 0.494 e. The van der Waals surface area contributed by atoms with Gasteiger partial charge >= 0.3 is 0 Å². The molecule has 1 atom stereocenters. The molecular weight excluding hydrogens is 342 g/mol. The van der Waals surface area contributed by atoms with Crippen molar-refractivity contribution in [2.24, 2.45) is 5.92 Å². The van der Waals surface area contributed by atoms with Crippen LogP contribution in [0.15, 0.2) is 24.3 Å². The number of rotatable bonds is 7. The maximum Gasteiger partial charge on any atom is 0.281 e. The summed E-state index contributed by atoms with van der Waals surface area (Å²) in [4.78, 5) is 12.4. The van der Waals surface area contributed by atoms with E-state index in [4.69, 9.17) is 4.74 Å². The summed E-state index contributed by atoms with van der Waals surface area (Å²) < 4.78 is 32.4. The molecule has 0 unspecified atom stereocenters. The van der Waals surface area contributed by atoms with E-state index in [9.17, 15) is 13.2 Å². The maximum absolute atomic E-state index is 12.4. The van der Waals surface area contributed by atoms with Crippen LogP contribution in [0.5, 0.6) is 5.75 Å². The molecule has 7 nitrogen and oxygen atoms in total. The van der Waals surface area contributed by atoms with E-state index >= 15 is 0 Å². The highest BCUT2D eigenvalue weighted by molar-refractivity contribution is 7.86. The normalized spacial score (nSPS) is 19.0. The van der Waals surface area contributed by atoms with Crippen molar-refractivity contribution in [1.82, 2.24) is 13.9 Å². The molecule has 0 radical (unpaired) electrons. The van der Waals surface area contributed by atoms with Crippen molar-refractivity contribution in [3.63, 3.8) is 0 Å². The summed E-state index contributed by atoms with van der Waals surface area (Å²) in [5.41, 5.74) is 0.977. The van der Waals surface area contributed by atoms with Gasteiger partial charge in [0.2, 0.25) is 5.91 Å². The van der Waals surface area contributed by atoms with Gasteiger partial charge in [-0.15, -0.1) is 0 Å². The second kappa shape index (κ2) is 8.64. The number of hydrogen-bond donors (Lipinski definition) is 1. The lowest BCUT2D eigenvalue weighted by atomic mass is 9.99. The zero-order valence-electron chi connectivity index (χ0n) is 15.1. The molecule has 1 saturated heterocycles. The van der Waals surface area contributed by atoms with E-state index < -0.39 is 10.2 Å². The van der Waals surface area contributed by atoms with Gasteiger partial charge in [-0.05, 0) is 37.5 Å². The zero-order valence-corrected chi connectivity index (χ0v) is 15.9. The summed E-state index contributed by atoms with van der Waals surface area (Å²) in [5.74, 6) is 0.383. The zero-order chi connectivity index (χ0) is 18.4.